The Morgan fingerprint density at radius 1 is 1.12 bits per heavy atom. The summed E-state index contributed by atoms with van der Waals surface area (Å²) >= 11 is 1.86. The number of halogens is 1. The van der Waals surface area contributed by atoms with Crippen LogP contribution in [0.25, 0.3) is 0 Å². The lowest BCUT2D eigenvalue weighted by Gasteiger charge is -2.34. The molecule has 1 aliphatic heterocycles. The standard InChI is InChI=1S/C19H22FN3OS/c20-15-6-4-14(5-7-15)12-19(24)23-10-8-22(9-11-23)13-18-21-16-2-1-3-17(16)25-18/h4-7H,1-3,8-13H2. The molecular weight excluding hydrogens is 337 g/mol. The van der Waals surface area contributed by atoms with E-state index in [4.69, 9.17) is 4.98 Å². The van der Waals surface area contributed by atoms with Crippen LogP contribution in [0.2, 0.25) is 0 Å². The zero-order valence-corrected chi connectivity index (χ0v) is 15.0. The van der Waals surface area contributed by atoms with Gasteiger partial charge in [0.05, 0.1) is 18.7 Å². The van der Waals surface area contributed by atoms with Gasteiger partial charge in [-0.15, -0.1) is 11.3 Å². The molecule has 0 radical (unpaired) electrons. The Bertz CT molecular complexity index is 729. The maximum atomic E-state index is 12.9. The third-order valence-corrected chi connectivity index (χ3v) is 6.13. The number of hydrogen-bond donors (Lipinski definition) is 0. The molecule has 2 heterocycles. The van der Waals surface area contributed by atoms with Gasteiger partial charge < -0.3 is 4.90 Å². The zero-order valence-electron chi connectivity index (χ0n) is 14.2. The molecule has 0 saturated carbocycles. The minimum Gasteiger partial charge on any atom is -0.340 e. The van der Waals surface area contributed by atoms with E-state index in [1.807, 2.05) is 16.2 Å². The van der Waals surface area contributed by atoms with Gasteiger partial charge in [-0.3, -0.25) is 9.69 Å². The van der Waals surface area contributed by atoms with Crippen LogP contribution in [-0.4, -0.2) is 46.9 Å². The van der Waals surface area contributed by atoms with Crippen molar-refractivity contribution in [3.63, 3.8) is 0 Å². The van der Waals surface area contributed by atoms with E-state index in [0.717, 1.165) is 44.7 Å². The van der Waals surface area contributed by atoms with Crippen molar-refractivity contribution in [2.24, 2.45) is 0 Å². The van der Waals surface area contributed by atoms with Crippen molar-refractivity contribution in [3.05, 3.63) is 51.2 Å². The highest BCUT2D eigenvalue weighted by Crippen LogP contribution is 2.28. The fourth-order valence-electron chi connectivity index (χ4n) is 3.55. The number of benzene rings is 1. The molecule has 0 N–H and O–H groups in total. The number of nitrogens with zero attached hydrogens (tertiary/aromatic N) is 3. The summed E-state index contributed by atoms with van der Waals surface area (Å²) in [5, 5.41) is 1.22. The van der Waals surface area contributed by atoms with Crippen molar-refractivity contribution in [1.29, 1.82) is 0 Å². The highest BCUT2D eigenvalue weighted by Gasteiger charge is 2.23. The summed E-state index contributed by atoms with van der Waals surface area (Å²) in [5.41, 5.74) is 2.18. The topological polar surface area (TPSA) is 36.4 Å². The fraction of sp³-hybridized carbons (Fsp3) is 0.474. The van der Waals surface area contributed by atoms with Gasteiger partial charge in [0.1, 0.15) is 10.8 Å². The first kappa shape index (κ1) is 16.7. The van der Waals surface area contributed by atoms with E-state index >= 15 is 0 Å². The number of carbonyl (C=O) groups is 1. The summed E-state index contributed by atoms with van der Waals surface area (Å²) in [6.45, 7) is 4.19. The van der Waals surface area contributed by atoms with Crippen LogP contribution in [0.5, 0.6) is 0 Å². The number of fused-ring (bicyclic) bond motifs is 1. The van der Waals surface area contributed by atoms with Crippen LogP contribution in [-0.2, 0) is 30.6 Å². The summed E-state index contributed by atoms with van der Waals surface area (Å²) in [7, 11) is 0. The monoisotopic (exact) mass is 359 g/mol. The molecule has 25 heavy (non-hydrogen) atoms. The SMILES string of the molecule is O=C(Cc1ccc(F)cc1)N1CCN(Cc2nc3c(s2)CCC3)CC1. The maximum absolute atomic E-state index is 12.9. The normalized spacial score (nSPS) is 17.7. The van der Waals surface area contributed by atoms with Gasteiger partial charge in [-0.1, -0.05) is 12.1 Å². The van der Waals surface area contributed by atoms with E-state index in [9.17, 15) is 9.18 Å². The van der Waals surface area contributed by atoms with Crippen molar-refractivity contribution in [2.45, 2.75) is 32.2 Å². The fourth-order valence-corrected chi connectivity index (χ4v) is 4.75. The molecule has 1 amide bonds. The average Bonchev–Trinajstić information content (AvgIpc) is 3.19. The molecule has 1 fully saturated rings. The van der Waals surface area contributed by atoms with Crippen LogP contribution in [0.15, 0.2) is 24.3 Å². The zero-order chi connectivity index (χ0) is 17.2. The van der Waals surface area contributed by atoms with Gasteiger partial charge in [0, 0.05) is 31.1 Å². The van der Waals surface area contributed by atoms with Crippen LogP contribution in [0.1, 0.15) is 27.6 Å². The van der Waals surface area contributed by atoms with Crippen LogP contribution in [0, 0.1) is 5.82 Å². The molecule has 1 aromatic carbocycles. The van der Waals surface area contributed by atoms with E-state index in [2.05, 4.69) is 4.90 Å². The number of thiazole rings is 1. The summed E-state index contributed by atoms with van der Waals surface area (Å²) in [6.07, 6.45) is 3.93. The van der Waals surface area contributed by atoms with Crippen LogP contribution < -0.4 is 0 Å². The molecule has 0 bridgehead atoms. The number of piperazine rings is 1. The molecular formula is C19H22FN3OS. The summed E-state index contributed by atoms with van der Waals surface area (Å²) in [4.78, 5) is 23.0. The minimum absolute atomic E-state index is 0.125. The van der Waals surface area contributed by atoms with E-state index in [-0.39, 0.29) is 11.7 Å². The molecule has 1 aromatic heterocycles. The van der Waals surface area contributed by atoms with Crippen molar-refractivity contribution in [1.82, 2.24) is 14.8 Å². The van der Waals surface area contributed by atoms with Gasteiger partial charge >= 0.3 is 0 Å². The van der Waals surface area contributed by atoms with Crippen molar-refractivity contribution >= 4 is 17.2 Å². The van der Waals surface area contributed by atoms with Gasteiger partial charge in [0.2, 0.25) is 5.91 Å². The summed E-state index contributed by atoms with van der Waals surface area (Å²) in [6, 6.07) is 6.19. The Kier molecular flexibility index (Phi) is 4.81. The number of carbonyl (C=O) groups excluding carboxylic acids is 1. The lowest BCUT2D eigenvalue weighted by Crippen LogP contribution is -2.48. The van der Waals surface area contributed by atoms with Gasteiger partial charge in [-0.25, -0.2) is 9.37 Å². The van der Waals surface area contributed by atoms with E-state index in [1.54, 1.807) is 12.1 Å². The Morgan fingerprint density at radius 3 is 2.60 bits per heavy atom. The van der Waals surface area contributed by atoms with Gasteiger partial charge in [0.15, 0.2) is 0 Å². The first-order valence-electron chi connectivity index (χ1n) is 8.89. The first-order chi connectivity index (χ1) is 12.2. The quantitative estimate of drug-likeness (QED) is 0.842. The second kappa shape index (κ2) is 7.22. The molecule has 6 heteroatoms. The number of hydrogen-bond acceptors (Lipinski definition) is 4. The Morgan fingerprint density at radius 2 is 1.88 bits per heavy atom. The minimum atomic E-state index is -0.266. The second-order valence-electron chi connectivity index (χ2n) is 6.79. The van der Waals surface area contributed by atoms with Crippen LogP contribution >= 0.6 is 11.3 Å². The summed E-state index contributed by atoms with van der Waals surface area (Å²) < 4.78 is 12.9. The summed E-state index contributed by atoms with van der Waals surface area (Å²) in [5.74, 6) is -0.141. The van der Waals surface area contributed by atoms with Crippen molar-refractivity contribution in [2.75, 3.05) is 26.2 Å². The number of aromatic nitrogens is 1. The predicted molar refractivity (Wildman–Crippen MR) is 96.1 cm³/mol. The highest BCUT2D eigenvalue weighted by atomic mass is 32.1. The second-order valence-corrected chi connectivity index (χ2v) is 7.96. The van der Waals surface area contributed by atoms with E-state index in [0.29, 0.717) is 6.42 Å². The van der Waals surface area contributed by atoms with Crippen LogP contribution in [0.3, 0.4) is 0 Å². The molecule has 0 atom stereocenters. The van der Waals surface area contributed by atoms with Crippen LogP contribution in [0.4, 0.5) is 4.39 Å². The molecule has 4 nitrogen and oxygen atoms in total. The number of amides is 1. The van der Waals surface area contributed by atoms with Crippen molar-refractivity contribution < 1.29 is 9.18 Å². The largest absolute Gasteiger partial charge is 0.340 e. The molecule has 132 valence electrons. The van der Waals surface area contributed by atoms with E-state index < -0.39 is 0 Å². The Balaban J connectivity index is 1.27. The first-order valence-corrected chi connectivity index (χ1v) is 9.71. The Hall–Kier alpha value is -1.79. The Labute approximate surface area is 151 Å². The predicted octanol–water partition coefficient (Wildman–Crippen LogP) is 2.66. The highest BCUT2D eigenvalue weighted by molar-refractivity contribution is 7.11. The van der Waals surface area contributed by atoms with Gasteiger partial charge in [-0.2, -0.15) is 0 Å². The van der Waals surface area contributed by atoms with E-state index in [1.165, 1.54) is 40.6 Å². The molecule has 2 aromatic rings. The number of rotatable bonds is 4. The third kappa shape index (κ3) is 3.90. The third-order valence-electron chi connectivity index (χ3n) is 4.99. The number of aryl methyl sites for hydroxylation is 2. The lowest BCUT2D eigenvalue weighted by molar-refractivity contribution is -0.132. The average molecular weight is 359 g/mol. The molecule has 0 unspecified atom stereocenters. The van der Waals surface area contributed by atoms with Gasteiger partial charge in [-0.05, 0) is 37.0 Å². The van der Waals surface area contributed by atoms with Crippen molar-refractivity contribution in [3.8, 4) is 0 Å². The maximum Gasteiger partial charge on any atom is 0.227 e. The molecule has 1 aliphatic carbocycles. The smallest absolute Gasteiger partial charge is 0.227 e. The molecule has 0 spiro atoms. The molecule has 4 rings (SSSR count). The molecule has 2 aliphatic rings. The van der Waals surface area contributed by atoms with Gasteiger partial charge in [0.25, 0.3) is 0 Å². The molecule has 1 saturated heterocycles. The lowest BCUT2D eigenvalue weighted by atomic mass is 10.1.